The minimum atomic E-state index is 0.524. The molecule has 2 heterocycles. The molecule has 2 aliphatic rings. The van der Waals surface area contributed by atoms with Crippen LogP contribution in [0.3, 0.4) is 0 Å². The van der Waals surface area contributed by atoms with E-state index in [0.717, 1.165) is 32.6 Å². The van der Waals surface area contributed by atoms with E-state index in [4.69, 9.17) is 0 Å². The van der Waals surface area contributed by atoms with Crippen molar-refractivity contribution in [3.63, 3.8) is 0 Å². The molecule has 1 aromatic rings. The Morgan fingerprint density at radius 2 is 2.13 bits per heavy atom. The van der Waals surface area contributed by atoms with Gasteiger partial charge in [-0.05, 0) is 12.8 Å². The van der Waals surface area contributed by atoms with Crippen LogP contribution in [0.2, 0.25) is 0 Å². The van der Waals surface area contributed by atoms with E-state index in [-0.39, 0.29) is 0 Å². The fourth-order valence-corrected chi connectivity index (χ4v) is 2.70. The average molecular weight is 207 g/mol. The molecule has 1 N–H and O–H groups in total. The first-order chi connectivity index (χ1) is 7.36. The highest BCUT2D eigenvalue weighted by atomic mass is 15.4. The van der Waals surface area contributed by atoms with Crippen LogP contribution in [-0.4, -0.2) is 46.1 Å². The summed E-state index contributed by atoms with van der Waals surface area (Å²) >= 11 is 0. The van der Waals surface area contributed by atoms with Gasteiger partial charge in [-0.15, -0.1) is 5.10 Å². The number of rotatable bonds is 1. The Kier molecular flexibility index (Phi) is 2.21. The lowest BCUT2D eigenvalue weighted by Gasteiger charge is -2.31. The van der Waals surface area contributed by atoms with E-state index in [1.807, 2.05) is 11.7 Å². The summed E-state index contributed by atoms with van der Waals surface area (Å²) in [5, 5.41) is 11.8. The Balaban J connectivity index is 1.83. The highest BCUT2D eigenvalue weighted by Gasteiger charge is 2.32. The quantitative estimate of drug-likeness (QED) is 0.687. The monoisotopic (exact) mass is 207 g/mol. The van der Waals surface area contributed by atoms with E-state index in [9.17, 15) is 0 Å². The Hall–Kier alpha value is -0.940. The molecule has 1 aliphatic heterocycles. The summed E-state index contributed by atoms with van der Waals surface area (Å²) in [6, 6.07) is 0.524. The number of nitrogens with zero attached hydrogens (tertiary/aromatic N) is 4. The van der Waals surface area contributed by atoms with E-state index < -0.39 is 0 Å². The molecular weight excluding hydrogens is 190 g/mol. The molecule has 1 aromatic heterocycles. The molecule has 5 heteroatoms. The van der Waals surface area contributed by atoms with Crippen molar-refractivity contribution in [3.8, 4) is 0 Å². The lowest BCUT2D eigenvalue weighted by atomic mass is 10.2. The fraction of sp³-hybridized carbons (Fsp3) is 0.800. The molecule has 0 radical (unpaired) electrons. The molecule has 1 aliphatic carbocycles. The fourth-order valence-electron chi connectivity index (χ4n) is 2.70. The third kappa shape index (κ3) is 1.46. The van der Waals surface area contributed by atoms with Gasteiger partial charge in [-0.1, -0.05) is 5.21 Å². The molecule has 3 rings (SSSR count). The standard InChI is InChI=1S/C10H17N5/c1-14-8-2-3-9(10(8)12-13-14)15-6-4-11-5-7-15/h9,11H,2-7H2,1H3. The zero-order chi connectivity index (χ0) is 10.3. The number of aryl methyl sites for hydroxylation is 1. The van der Waals surface area contributed by atoms with Gasteiger partial charge in [-0.25, -0.2) is 0 Å². The molecular formula is C10H17N5. The van der Waals surface area contributed by atoms with Gasteiger partial charge in [0.25, 0.3) is 0 Å². The van der Waals surface area contributed by atoms with Crippen molar-refractivity contribution in [2.75, 3.05) is 26.2 Å². The number of hydrogen-bond acceptors (Lipinski definition) is 4. The minimum Gasteiger partial charge on any atom is -0.314 e. The molecule has 0 amide bonds. The maximum Gasteiger partial charge on any atom is 0.103 e. The van der Waals surface area contributed by atoms with E-state index in [1.165, 1.54) is 17.8 Å². The summed E-state index contributed by atoms with van der Waals surface area (Å²) in [7, 11) is 1.99. The highest BCUT2D eigenvalue weighted by Crippen LogP contribution is 2.33. The highest BCUT2D eigenvalue weighted by molar-refractivity contribution is 5.21. The molecule has 0 saturated carbocycles. The van der Waals surface area contributed by atoms with Gasteiger partial charge in [0, 0.05) is 33.2 Å². The predicted octanol–water partition coefficient (Wildman–Crippen LogP) is -0.292. The lowest BCUT2D eigenvalue weighted by molar-refractivity contribution is 0.170. The molecule has 1 fully saturated rings. The van der Waals surface area contributed by atoms with Gasteiger partial charge in [-0.3, -0.25) is 9.58 Å². The van der Waals surface area contributed by atoms with Crippen molar-refractivity contribution in [3.05, 3.63) is 11.4 Å². The van der Waals surface area contributed by atoms with Gasteiger partial charge < -0.3 is 5.32 Å². The maximum atomic E-state index is 4.30. The third-order valence-corrected chi connectivity index (χ3v) is 3.54. The minimum absolute atomic E-state index is 0.524. The SMILES string of the molecule is Cn1nnc2c1CCC2N1CCNCC1. The van der Waals surface area contributed by atoms with Crippen LogP contribution in [0.25, 0.3) is 0 Å². The summed E-state index contributed by atoms with van der Waals surface area (Å²) in [6.07, 6.45) is 2.35. The van der Waals surface area contributed by atoms with Crippen molar-refractivity contribution < 1.29 is 0 Å². The van der Waals surface area contributed by atoms with Crippen molar-refractivity contribution in [2.45, 2.75) is 18.9 Å². The largest absolute Gasteiger partial charge is 0.314 e. The molecule has 1 unspecified atom stereocenters. The molecule has 0 bridgehead atoms. The van der Waals surface area contributed by atoms with E-state index >= 15 is 0 Å². The Morgan fingerprint density at radius 3 is 2.93 bits per heavy atom. The zero-order valence-corrected chi connectivity index (χ0v) is 9.11. The molecule has 1 atom stereocenters. The second-order valence-electron chi connectivity index (χ2n) is 4.39. The zero-order valence-electron chi connectivity index (χ0n) is 9.11. The van der Waals surface area contributed by atoms with Crippen LogP contribution >= 0.6 is 0 Å². The second kappa shape index (κ2) is 3.57. The van der Waals surface area contributed by atoms with Crippen LogP contribution < -0.4 is 5.32 Å². The van der Waals surface area contributed by atoms with Gasteiger partial charge in [0.1, 0.15) is 5.69 Å². The average Bonchev–Trinajstić information content (AvgIpc) is 2.83. The number of nitrogens with one attached hydrogen (secondary N) is 1. The van der Waals surface area contributed by atoms with Crippen LogP contribution in [0.15, 0.2) is 0 Å². The molecule has 0 spiro atoms. The summed E-state index contributed by atoms with van der Waals surface area (Å²) in [4.78, 5) is 2.54. The summed E-state index contributed by atoms with van der Waals surface area (Å²) < 4.78 is 1.93. The molecule has 15 heavy (non-hydrogen) atoms. The molecule has 1 saturated heterocycles. The lowest BCUT2D eigenvalue weighted by Crippen LogP contribution is -2.44. The van der Waals surface area contributed by atoms with Crippen LogP contribution in [0.4, 0.5) is 0 Å². The maximum absolute atomic E-state index is 4.30. The van der Waals surface area contributed by atoms with Crippen LogP contribution in [0.1, 0.15) is 23.9 Å². The van der Waals surface area contributed by atoms with E-state index in [2.05, 4.69) is 20.5 Å². The first-order valence-corrected chi connectivity index (χ1v) is 5.69. The van der Waals surface area contributed by atoms with Crippen molar-refractivity contribution in [2.24, 2.45) is 7.05 Å². The van der Waals surface area contributed by atoms with E-state index in [0.29, 0.717) is 6.04 Å². The smallest absolute Gasteiger partial charge is 0.103 e. The Morgan fingerprint density at radius 1 is 1.33 bits per heavy atom. The molecule has 0 aromatic carbocycles. The van der Waals surface area contributed by atoms with Gasteiger partial charge >= 0.3 is 0 Å². The normalized spacial score (nSPS) is 26.9. The third-order valence-electron chi connectivity index (χ3n) is 3.54. The van der Waals surface area contributed by atoms with Crippen LogP contribution in [-0.2, 0) is 13.5 Å². The number of hydrogen-bond donors (Lipinski definition) is 1. The summed E-state index contributed by atoms with van der Waals surface area (Å²) in [5.74, 6) is 0. The second-order valence-corrected chi connectivity index (χ2v) is 4.39. The predicted molar refractivity (Wildman–Crippen MR) is 56.5 cm³/mol. The van der Waals surface area contributed by atoms with Crippen molar-refractivity contribution >= 4 is 0 Å². The Bertz CT molecular complexity index is 353. The number of piperazine rings is 1. The molecule has 82 valence electrons. The molecule has 5 nitrogen and oxygen atoms in total. The van der Waals surface area contributed by atoms with Gasteiger partial charge in [0.2, 0.25) is 0 Å². The van der Waals surface area contributed by atoms with Gasteiger partial charge in [-0.2, -0.15) is 0 Å². The summed E-state index contributed by atoms with van der Waals surface area (Å²) in [5.41, 5.74) is 2.55. The van der Waals surface area contributed by atoms with Gasteiger partial charge in [0.05, 0.1) is 11.7 Å². The first-order valence-electron chi connectivity index (χ1n) is 5.69. The Labute approximate surface area is 89.4 Å². The number of fused-ring (bicyclic) bond motifs is 1. The van der Waals surface area contributed by atoms with Crippen molar-refractivity contribution in [1.82, 2.24) is 25.2 Å². The summed E-state index contributed by atoms with van der Waals surface area (Å²) in [6.45, 7) is 4.49. The van der Waals surface area contributed by atoms with Crippen molar-refractivity contribution in [1.29, 1.82) is 0 Å². The van der Waals surface area contributed by atoms with E-state index in [1.54, 1.807) is 0 Å². The number of aromatic nitrogens is 3. The van der Waals surface area contributed by atoms with Crippen LogP contribution in [0.5, 0.6) is 0 Å². The first kappa shape index (κ1) is 9.30. The van der Waals surface area contributed by atoms with Crippen LogP contribution in [0, 0.1) is 0 Å². The van der Waals surface area contributed by atoms with Gasteiger partial charge in [0.15, 0.2) is 0 Å². The topological polar surface area (TPSA) is 46.0 Å².